The summed E-state index contributed by atoms with van der Waals surface area (Å²) in [5.41, 5.74) is 5.92. The van der Waals surface area contributed by atoms with E-state index in [-0.39, 0.29) is 6.04 Å². The summed E-state index contributed by atoms with van der Waals surface area (Å²) in [5, 5.41) is 0. The van der Waals surface area contributed by atoms with E-state index in [1.54, 1.807) is 11.8 Å². The predicted molar refractivity (Wildman–Crippen MR) is 58.0 cm³/mol. The van der Waals surface area contributed by atoms with Crippen LogP contribution in [0.1, 0.15) is 12.7 Å². The Balaban J connectivity index is 2.52. The van der Waals surface area contributed by atoms with Gasteiger partial charge in [-0.3, -0.25) is 0 Å². The lowest BCUT2D eigenvalue weighted by molar-refractivity contribution is 0.641. The van der Waals surface area contributed by atoms with Crippen LogP contribution in [0.15, 0.2) is 12.4 Å². The van der Waals surface area contributed by atoms with Crippen LogP contribution in [0.5, 0.6) is 0 Å². The van der Waals surface area contributed by atoms with Gasteiger partial charge in [0.25, 0.3) is 0 Å². The summed E-state index contributed by atoms with van der Waals surface area (Å²) in [4.78, 5) is 4.28. The molecule has 74 valence electrons. The van der Waals surface area contributed by atoms with E-state index in [0.717, 1.165) is 24.5 Å². The van der Waals surface area contributed by atoms with Gasteiger partial charge in [0.1, 0.15) is 5.82 Å². The van der Waals surface area contributed by atoms with Gasteiger partial charge in [-0.05, 0) is 13.2 Å². The highest BCUT2D eigenvalue weighted by molar-refractivity contribution is 7.98. The summed E-state index contributed by atoms with van der Waals surface area (Å²) in [5.74, 6) is 2.10. The highest BCUT2D eigenvalue weighted by Gasteiger charge is 2.07. The summed E-state index contributed by atoms with van der Waals surface area (Å²) in [6, 6.07) is 0.225. The number of thioether (sulfide) groups is 1. The number of aromatic nitrogens is 2. The average Bonchev–Trinajstić information content (AvgIpc) is 2.52. The van der Waals surface area contributed by atoms with E-state index in [9.17, 15) is 0 Å². The Kier molecular flexibility index (Phi) is 4.32. The predicted octanol–water partition coefficient (Wildman–Crippen LogP) is 1.14. The Morgan fingerprint density at radius 1 is 1.69 bits per heavy atom. The van der Waals surface area contributed by atoms with Crippen molar-refractivity contribution in [2.24, 2.45) is 5.73 Å². The van der Waals surface area contributed by atoms with Crippen molar-refractivity contribution in [1.29, 1.82) is 0 Å². The van der Waals surface area contributed by atoms with Gasteiger partial charge in [0.2, 0.25) is 0 Å². The van der Waals surface area contributed by atoms with Gasteiger partial charge in [-0.15, -0.1) is 0 Å². The lowest BCUT2D eigenvalue weighted by Crippen LogP contribution is -2.27. The molecule has 0 saturated heterocycles. The van der Waals surface area contributed by atoms with E-state index >= 15 is 0 Å². The molecular weight excluding hydrogens is 182 g/mol. The summed E-state index contributed by atoms with van der Waals surface area (Å²) >= 11 is 1.78. The third-order valence-electron chi connectivity index (χ3n) is 1.97. The standard InChI is InChI=1S/C9H17N3S/c1-3-12-5-4-11-9(12)6-8(10)7-13-2/h4-5,8H,3,6-7,10H2,1-2H3. The van der Waals surface area contributed by atoms with Gasteiger partial charge in [0.15, 0.2) is 0 Å². The van der Waals surface area contributed by atoms with Gasteiger partial charge in [-0.1, -0.05) is 0 Å². The number of hydrogen-bond acceptors (Lipinski definition) is 3. The highest BCUT2D eigenvalue weighted by atomic mass is 32.2. The number of nitrogens with two attached hydrogens (primary N) is 1. The first kappa shape index (κ1) is 10.6. The van der Waals surface area contributed by atoms with Gasteiger partial charge < -0.3 is 10.3 Å². The van der Waals surface area contributed by atoms with Crippen molar-refractivity contribution >= 4 is 11.8 Å². The molecule has 0 aliphatic carbocycles. The van der Waals surface area contributed by atoms with E-state index in [0.29, 0.717) is 0 Å². The Labute approximate surface area is 83.7 Å². The monoisotopic (exact) mass is 199 g/mol. The van der Waals surface area contributed by atoms with E-state index < -0.39 is 0 Å². The number of hydrogen-bond donors (Lipinski definition) is 1. The lowest BCUT2D eigenvalue weighted by Gasteiger charge is -2.10. The third kappa shape index (κ3) is 3.04. The maximum absolute atomic E-state index is 5.92. The van der Waals surface area contributed by atoms with Crippen molar-refractivity contribution in [3.05, 3.63) is 18.2 Å². The molecular formula is C9H17N3S. The van der Waals surface area contributed by atoms with Crippen molar-refractivity contribution in [2.75, 3.05) is 12.0 Å². The molecule has 0 aliphatic rings. The van der Waals surface area contributed by atoms with Crippen LogP contribution in [0.25, 0.3) is 0 Å². The molecule has 0 saturated carbocycles. The van der Waals surface area contributed by atoms with Crippen LogP contribution >= 0.6 is 11.8 Å². The molecule has 0 fully saturated rings. The number of imidazole rings is 1. The highest BCUT2D eigenvalue weighted by Crippen LogP contribution is 2.04. The second-order valence-electron chi connectivity index (χ2n) is 3.05. The van der Waals surface area contributed by atoms with Crippen LogP contribution in [-0.4, -0.2) is 27.6 Å². The molecule has 1 aromatic heterocycles. The molecule has 0 bridgehead atoms. The molecule has 1 rings (SSSR count). The molecule has 0 amide bonds. The van der Waals surface area contributed by atoms with Crippen molar-refractivity contribution < 1.29 is 0 Å². The Hall–Kier alpha value is -0.480. The maximum atomic E-state index is 5.92. The topological polar surface area (TPSA) is 43.8 Å². The minimum Gasteiger partial charge on any atom is -0.335 e. The zero-order valence-corrected chi connectivity index (χ0v) is 9.05. The van der Waals surface area contributed by atoms with Crippen LogP contribution in [0.4, 0.5) is 0 Å². The first-order valence-electron chi connectivity index (χ1n) is 4.52. The second kappa shape index (κ2) is 5.29. The average molecular weight is 199 g/mol. The minimum absolute atomic E-state index is 0.225. The van der Waals surface area contributed by atoms with Gasteiger partial charge in [-0.2, -0.15) is 11.8 Å². The molecule has 1 heterocycles. The molecule has 1 unspecified atom stereocenters. The molecule has 13 heavy (non-hydrogen) atoms. The fourth-order valence-electron chi connectivity index (χ4n) is 1.33. The van der Waals surface area contributed by atoms with Crippen LogP contribution in [0.2, 0.25) is 0 Å². The fraction of sp³-hybridized carbons (Fsp3) is 0.667. The number of rotatable bonds is 5. The Bertz CT molecular complexity index is 247. The normalized spacial score (nSPS) is 13.2. The van der Waals surface area contributed by atoms with Crippen molar-refractivity contribution in [1.82, 2.24) is 9.55 Å². The molecule has 4 heteroatoms. The second-order valence-corrected chi connectivity index (χ2v) is 3.96. The van der Waals surface area contributed by atoms with E-state index in [4.69, 9.17) is 5.73 Å². The molecule has 3 nitrogen and oxygen atoms in total. The lowest BCUT2D eigenvalue weighted by atomic mass is 10.2. The van der Waals surface area contributed by atoms with Crippen molar-refractivity contribution in [3.63, 3.8) is 0 Å². The van der Waals surface area contributed by atoms with E-state index in [1.807, 2.05) is 12.4 Å². The van der Waals surface area contributed by atoms with Gasteiger partial charge >= 0.3 is 0 Å². The first-order chi connectivity index (χ1) is 6.27. The SMILES string of the molecule is CCn1ccnc1CC(N)CSC. The molecule has 1 aromatic rings. The first-order valence-corrected chi connectivity index (χ1v) is 5.91. The largest absolute Gasteiger partial charge is 0.335 e. The molecule has 0 spiro atoms. The number of aryl methyl sites for hydroxylation is 1. The van der Waals surface area contributed by atoms with E-state index in [1.165, 1.54) is 0 Å². The van der Waals surface area contributed by atoms with Crippen LogP contribution in [0, 0.1) is 0 Å². The van der Waals surface area contributed by atoms with Gasteiger partial charge in [0.05, 0.1) is 0 Å². The molecule has 2 N–H and O–H groups in total. The van der Waals surface area contributed by atoms with Crippen molar-refractivity contribution in [3.8, 4) is 0 Å². The fourth-order valence-corrected chi connectivity index (χ4v) is 1.87. The summed E-state index contributed by atoms with van der Waals surface area (Å²) in [7, 11) is 0. The van der Waals surface area contributed by atoms with Gasteiger partial charge in [-0.25, -0.2) is 4.98 Å². The van der Waals surface area contributed by atoms with Crippen LogP contribution in [-0.2, 0) is 13.0 Å². The van der Waals surface area contributed by atoms with Crippen LogP contribution < -0.4 is 5.73 Å². The molecule has 0 aliphatic heterocycles. The Morgan fingerprint density at radius 3 is 3.08 bits per heavy atom. The Morgan fingerprint density at radius 2 is 2.46 bits per heavy atom. The quantitative estimate of drug-likeness (QED) is 0.773. The molecule has 0 aromatic carbocycles. The molecule has 1 atom stereocenters. The summed E-state index contributed by atoms with van der Waals surface area (Å²) in [6.07, 6.45) is 6.79. The minimum atomic E-state index is 0.225. The smallest absolute Gasteiger partial charge is 0.110 e. The molecule has 0 radical (unpaired) electrons. The number of nitrogens with zero attached hydrogens (tertiary/aromatic N) is 2. The van der Waals surface area contributed by atoms with E-state index in [2.05, 4.69) is 22.7 Å². The zero-order chi connectivity index (χ0) is 9.68. The summed E-state index contributed by atoms with van der Waals surface area (Å²) in [6.45, 7) is 3.09. The van der Waals surface area contributed by atoms with Gasteiger partial charge in [0, 0.05) is 37.2 Å². The third-order valence-corrected chi connectivity index (χ3v) is 2.73. The summed E-state index contributed by atoms with van der Waals surface area (Å²) < 4.78 is 2.14. The van der Waals surface area contributed by atoms with Crippen LogP contribution in [0.3, 0.4) is 0 Å². The zero-order valence-electron chi connectivity index (χ0n) is 8.23. The van der Waals surface area contributed by atoms with Crippen molar-refractivity contribution in [2.45, 2.75) is 25.9 Å². The maximum Gasteiger partial charge on any atom is 0.110 e.